The molecular formula is C31H33F2N5O3. The fraction of sp³-hybridized carbons (Fsp3) is 0.387. The van der Waals surface area contributed by atoms with Crippen molar-refractivity contribution in [1.29, 1.82) is 0 Å². The number of aryl methyl sites for hydroxylation is 2. The zero-order valence-electron chi connectivity index (χ0n) is 23.8. The van der Waals surface area contributed by atoms with Gasteiger partial charge in [0.05, 0.1) is 46.7 Å². The molecule has 5 aromatic rings. The van der Waals surface area contributed by atoms with Gasteiger partial charge < -0.3 is 19.1 Å². The fourth-order valence-electron chi connectivity index (χ4n) is 6.14. The Kier molecular flexibility index (Phi) is 6.78. The molecule has 1 unspecified atom stereocenters. The van der Waals surface area contributed by atoms with Gasteiger partial charge >= 0.3 is 0 Å². The molecule has 0 aliphatic carbocycles. The topological polar surface area (TPSA) is 87.2 Å². The van der Waals surface area contributed by atoms with Gasteiger partial charge in [0, 0.05) is 43.0 Å². The van der Waals surface area contributed by atoms with Gasteiger partial charge in [-0.15, -0.1) is 5.10 Å². The van der Waals surface area contributed by atoms with Gasteiger partial charge in [0.15, 0.2) is 11.6 Å². The third-order valence-corrected chi connectivity index (χ3v) is 8.22. The summed E-state index contributed by atoms with van der Waals surface area (Å²) in [6.07, 6.45) is 3.13. The average Bonchev–Trinajstić information content (AvgIpc) is 3.46. The lowest BCUT2D eigenvalue weighted by Gasteiger charge is -2.33. The number of halogens is 2. The zero-order chi connectivity index (χ0) is 29.1. The Bertz CT molecular complexity index is 1750. The minimum Gasteiger partial charge on any atom is -0.494 e. The van der Waals surface area contributed by atoms with Crippen LogP contribution in [-0.2, 0) is 17.4 Å². The van der Waals surface area contributed by atoms with Crippen molar-refractivity contribution in [3.05, 3.63) is 71.1 Å². The normalized spacial score (nSPS) is 15.6. The quantitative estimate of drug-likeness (QED) is 0.281. The van der Waals surface area contributed by atoms with E-state index < -0.39 is 23.3 Å². The highest BCUT2D eigenvalue weighted by atomic mass is 19.2. The highest BCUT2D eigenvalue weighted by Gasteiger charge is 2.34. The highest BCUT2D eigenvalue weighted by molar-refractivity contribution is 6.07. The van der Waals surface area contributed by atoms with Crippen LogP contribution in [0, 0.1) is 24.5 Å². The molecule has 1 aliphatic rings. The van der Waals surface area contributed by atoms with Gasteiger partial charge in [-0.25, -0.2) is 9.07 Å². The van der Waals surface area contributed by atoms with Crippen LogP contribution in [0.1, 0.15) is 49.6 Å². The van der Waals surface area contributed by atoms with E-state index >= 15 is 8.78 Å². The summed E-state index contributed by atoms with van der Waals surface area (Å²) in [6, 6.07) is 10.3. The van der Waals surface area contributed by atoms with Gasteiger partial charge in [-0.2, -0.15) is 4.39 Å². The van der Waals surface area contributed by atoms with Crippen LogP contribution >= 0.6 is 0 Å². The summed E-state index contributed by atoms with van der Waals surface area (Å²) in [5.41, 5.74) is 4.46. The van der Waals surface area contributed by atoms with Crippen molar-refractivity contribution in [1.82, 2.24) is 24.5 Å². The molecule has 41 heavy (non-hydrogen) atoms. The molecule has 0 saturated carbocycles. The third-order valence-electron chi connectivity index (χ3n) is 8.22. The van der Waals surface area contributed by atoms with E-state index in [1.807, 2.05) is 38.2 Å². The van der Waals surface area contributed by atoms with E-state index in [1.165, 1.54) is 13.2 Å². The van der Waals surface area contributed by atoms with E-state index in [1.54, 1.807) is 30.8 Å². The van der Waals surface area contributed by atoms with Crippen LogP contribution in [0.15, 0.2) is 42.6 Å². The second-order valence-electron chi connectivity index (χ2n) is 11.3. The van der Waals surface area contributed by atoms with Crippen molar-refractivity contribution >= 4 is 21.9 Å². The number of aliphatic hydroxyl groups is 1. The van der Waals surface area contributed by atoms with E-state index in [-0.39, 0.29) is 17.2 Å². The fourth-order valence-corrected chi connectivity index (χ4v) is 6.14. The minimum atomic E-state index is -1.11. The number of hydrogen-bond acceptors (Lipinski definition) is 6. The maximum Gasteiger partial charge on any atom is 0.200 e. The van der Waals surface area contributed by atoms with Gasteiger partial charge in [0.25, 0.3) is 0 Å². The van der Waals surface area contributed by atoms with Crippen LogP contribution < -0.4 is 4.74 Å². The number of hydrogen-bond donors (Lipinski definition) is 1. The maximum absolute atomic E-state index is 15.9. The summed E-state index contributed by atoms with van der Waals surface area (Å²) in [5.74, 6) is -2.16. The van der Waals surface area contributed by atoms with Crippen molar-refractivity contribution in [3.8, 4) is 17.0 Å². The largest absolute Gasteiger partial charge is 0.494 e. The molecule has 1 saturated heterocycles. The van der Waals surface area contributed by atoms with Crippen LogP contribution in [0.2, 0.25) is 0 Å². The Morgan fingerprint density at radius 3 is 2.49 bits per heavy atom. The van der Waals surface area contributed by atoms with Crippen molar-refractivity contribution in [2.24, 2.45) is 13.0 Å². The lowest BCUT2D eigenvalue weighted by Crippen LogP contribution is -2.28. The molecule has 2 aromatic carbocycles. The molecule has 0 amide bonds. The summed E-state index contributed by atoms with van der Waals surface area (Å²) in [6.45, 7) is 6.39. The van der Waals surface area contributed by atoms with Crippen LogP contribution in [0.25, 0.3) is 33.2 Å². The number of rotatable bonds is 6. The molecule has 1 fully saturated rings. The van der Waals surface area contributed by atoms with E-state index in [9.17, 15) is 5.11 Å². The van der Waals surface area contributed by atoms with E-state index in [2.05, 4.69) is 14.9 Å². The highest BCUT2D eigenvalue weighted by Crippen LogP contribution is 2.43. The summed E-state index contributed by atoms with van der Waals surface area (Å²) in [7, 11) is 3.14. The minimum absolute atomic E-state index is 0.0561. The number of aromatic nitrogens is 5. The molecular weight excluding hydrogens is 528 g/mol. The predicted molar refractivity (Wildman–Crippen MR) is 152 cm³/mol. The summed E-state index contributed by atoms with van der Waals surface area (Å²) >= 11 is 0. The predicted octanol–water partition coefficient (Wildman–Crippen LogP) is 5.82. The maximum atomic E-state index is 15.9. The van der Waals surface area contributed by atoms with Crippen molar-refractivity contribution < 1.29 is 23.4 Å². The van der Waals surface area contributed by atoms with Crippen LogP contribution in [0.4, 0.5) is 8.78 Å². The number of benzene rings is 2. The zero-order valence-corrected chi connectivity index (χ0v) is 23.8. The summed E-state index contributed by atoms with van der Waals surface area (Å²) in [5, 5.41) is 20.1. The SMILES string of the molecule is COc1ccc(C(C2CCOCC2)n2c3cc(C(C)(C)O)ccc3c3ncc(-c4c(C)nnn4C)cc32)c(F)c1F. The van der Waals surface area contributed by atoms with Crippen molar-refractivity contribution in [2.45, 2.75) is 45.3 Å². The summed E-state index contributed by atoms with van der Waals surface area (Å²) < 4.78 is 45.7. The smallest absolute Gasteiger partial charge is 0.200 e. The number of ether oxygens (including phenoxy) is 2. The van der Waals surface area contributed by atoms with Crippen molar-refractivity contribution in [2.75, 3.05) is 20.3 Å². The molecule has 4 heterocycles. The molecule has 6 rings (SSSR count). The van der Waals surface area contributed by atoms with Gasteiger partial charge in [-0.3, -0.25) is 4.98 Å². The van der Waals surface area contributed by atoms with E-state index in [0.717, 1.165) is 38.9 Å². The average molecular weight is 562 g/mol. The number of nitrogens with zero attached hydrogens (tertiary/aromatic N) is 5. The van der Waals surface area contributed by atoms with Gasteiger partial charge in [0.2, 0.25) is 5.82 Å². The first-order chi connectivity index (χ1) is 19.6. The lowest BCUT2D eigenvalue weighted by molar-refractivity contribution is 0.0547. The molecule has 214 valence electrons. The van der Waals surface area contributed by atoms with Crippen LogP contribution in [0.3, 0.4) is 0 Å². The first-order valence-corrected chi connectivity index (χ1v) is 13.7. The number of methoxy groups -OCH3 is 1. The monoisotopic (exact) mass is 561 g/mol. The van der Waals surface area contributed by atoms with E-state index in [0.29, 0.717) is 31.6 Å². The third kappa shape index (κ3) is 4.55. The Morgan fingerprint density at radius 2 is 1.83 bits per heavy atom. The standard InChI is InChI=1S/C31H33F2N5O3/c1-17-29(37(4)36-35-17)19-14-24-28(34-16-19)21-7-6-20(31(2,3)39)15-23(21)38(24)30(18-10-12-41-13-11-18)22-8-9-25(40-5)27(33)26(22)32/h6-9,14-16,18,30,39H,10-13H2,1-5H3. The molecule has 8 nitrogen and oxygen atoms in total. The molecule has 3 aromatic heterocycles. The van der Waals surface area contributed by atoms with Crippen LogP contribution in [-0.4, -0.2) is 50.0 Å². The molecule has 1 N–H and O–H groups in total. The molecule has 0 bridgehead atoms. The Balaban J connectivity index is 1.72. The molecule has 0 spiro atoms. The molecule has 0 radical (unpaired) electrons. The second kappa shape index (κ2) is 10.2. The molecule has 1 aliphatic heterocycles. The van der Waals surface area contributed by atoms with Gasteiger partial charge in [-0.1, -0.05) is 23.4 Å². The first-order valence-electron chi connectivity index (χ1n) is 13.7. The second-order valence-corrected chi connectivity index (χ2v) is 11.3. The van der Waals surface area contributed by atoms with Gasteiger partial charge in [-0.05, 0) is 63.3 Å². The first kappa shape index (κ1) is 27.3. The lowest BCUT2D eigenvalue weighted by atomic mass is 9.86. The molecule has 1 atom stereocenters. The number of pyridine rings is 1. The molecule has 10 heteroatoms. The van der Waals surface area contributed by atoms with E-state index in [4.69, 9.17) is 14.5 Å². The Hall–Kier alpha value is -3.89. The Labute approximate surface area is 236 Å². The van der Waals surface area contributed by atoms with Gasteiger partial charge in [0.1, 0.15) is 0 Å². The van der Waals surface area contributed by atoms with Crippen molar-refractivity contribution in [3.63, 3.8) is 0 Å². The summed E-state index contributed by atoms with van der Waals surface area (Å²) in [4.78, 5) is 4.88. The van der Waals surface area contributed by atoms with Crippen LogP contribution in [0.5, 0.6) is 5.75 Å². The number of fused-ring (bicyclic) bond motifs is 3. The Morgan fingerprint density at radius 1 is 1.07 bits per heavy atom.